The molecule has 0 atom stereocenters. The van der Waals surface area contributed by atoms with Crippen molar-refractivity contribution in [2.75, 3.05) is 19.8 Å². The second-order valence-electron chi connectivity index (χ2n) is 6.83. The van der Waals surface area contributed by atoms with Crippen molar-refractivity contribution in [1.82, 2.24) is 9.55 Å². The Morgan fingerprint density at radius 3 is 2.23 bits per heavy atom. The fourth-order valence-electron chi connectivity index (χ4n) is 3.20. The number of nitrogens with zero attached hydrogens (tertiary/aromatic N) is 2. The molecule has 7 heteroatoms. The highest BCUT2D eigenvalue weighted by molar-refractivity contribution is 6.30. The largest absolute Gasteiger partial charge is 0.491 e. The van der Waals surface area contributed by atoms with Crippen LogP contribution >= 0.6 is 23.2 Å². The van der Waals surface area contributed by atoms with Crippen LogP contribution in [0.25, 0.3) is 22.3 Å². The van der Waals surface area contributed by atoms with E-state index in [0.717, 1.165) is 11.3 Å². The molecule has 5 nitrogen and oxygen atoms in total. The predicted octanol–water partition coefficient (Wildman–Crippen LogP) is 5.47. The maximum Gasteiger partial charge on any atom is 0.261 e. The Kier molecular flexibility index (Phi) is 6.87. The normalized spacial score (nSPS) is 11.0. The molecule has 0 amide bonds. The van der Waals surface area contributed by atoms with E-state index in [1.54, 1.807) is 47.0 Å². The van der Waals surface area contributed by atoms with Gasteiger partial charge >= 0.3 is 0 Å². The zero-order valence-electron chi connectivity index (χ0n) is 16.6. The van der Waals surface area contributed by atoms with Crippen molar-refractivity contribution in [3.05, 3.63) is 93.2 Å². The lowest BCUT2D eigenvalue weighted by molar-refractivity contribution is 0.0941. The molecule has 0 saturated heterocycles. The van der Waals surface area contributed by atoms with E-state index in [-0.39, 0.29) is 5.56 Å². The number of fused-ring (bicyclic) bond motifs is 1. The minimum absolute atomic E-state index is 0.100. The highest BCUT2D eigenvalue weighted by atomic mass is 35.5. The Hall–Kier alpha value is -2.86. The first-order valence-corrected chi connectivity index (χ1v) is 10.6. The summed E-state index contributed by atoms with van der Waals surface area (Å²) >= 11 is 11.9. The van der Waals surface area contributed by atoms with E-state index in [0.29, 0.717) is 53.1 Å². The van der Waals surface area contributed by atoms with E-state index in [1.807, 2.05) is 30.3 Å². The summed E-state index contributed by atoms with van der Waals surface area (Å²) in [6.45, 7) is 1.52. The minimum atomic E-state index is -0.100. The van der Waals surface area contributed by atoms with Crippen LogP contribution in [0.15, 0.2) is 77.6 Å². The molecule has 0 spiro atoms. The average molecular weight is 455 g/mol. The van der Waals surface area contributed by atoms with Crippen LogP contribution in [0.2, 0.25) is 10.0 Å². The van der Waals surface area contributed by atoms with E-state index in [1.165, 1.54) is 0 Å². The topological polar surface area (TPSA) is 53.4 Å². The highest BCUT2D eigenvalue weighted by Gasteiger charge is 2.12. The SMILES string of the molecule is O=c1c2ccccc2nc(-c2ccc(Cl)cc2)n1CCOCCOc1ccc(Cl)cc1. The lowest BCUT2D eigenvalue weighted by Gasteiger charge is -2.14. The van der Waals surface area contributed by atoms with Crippen molar-refractivity contribution in [2.24, 2.45) is 0 Å². The van der Waals surface area contributed by atoms with E-state index >= 15 is 0 Å². The van der Waals surface area contributed by atoms with Gasteiger partial charge in [0.25, 0.3) is 5.56 Å². The molecular weight excluding hydrogens is 435 g/mol. The zero-order chi connectivity index (χ0) is 21.6. The van der Waals surface area contributed by atoms with Gasteiger partial charge in [0.15, 0.2) is 0 Å². The average Bonchev–Trinajstić information content (AvgIpc) is 2.79. The van der Waals surface area contributed by atoms with Gasteiger partial charge in [-0.1, -0.05) is 35.3 Å². The van der Waals surface area contributed by atoms with Crippen molar-refractivity contribution >= 4 is 34.1 Å². The van der Waals surface area contributed by atoms with Crippen molar-refractivity contribution in [2.45, 2.75) is 6.54 Å². The maximum atomic E-state index is 13.1. The van der Waals surface area contributed by atoms with E-state index in [4.69, 9.17) is 37.7 Å². The standard InChI is InChI=1S/C24H20Cl2N2O3/c25-18-7-5-17(6-8-18)23-27-22-4-2-1-3-21(22)24(29)28(23)13-14-30-15-16-31-20-11-9-19(26)10-12-20/h1-12H,13-16H2. The number of benzene rings is 3. The second kappa shape index (κ2) is 9.96. The molecule has 0 aliphatic heterocycles. The molecule has 4 rings (SSSR count). The molecule has 3 aromatic carbocycles. The summed E-state index contributed by atoms with van der Waals surface area (Å²) in [4.78, 5) is 17.9. The van der Waals surface area contributed by atoms with E-state index in [9.17, 15) is 4.79 Å². The summed E-state index contributed by atoms with van der Waals surface area (Å²) in [6, 6.07) is 21.8. The van der Waals surface area contributed by atoms with Crippen LogP contribution in [0.3, 0.4) is 0 Å². The second-order valence-corrected chi connectivity index (χ2v) is 7.70. The Labute approximate surface area is 189 Å². The van der Waals surface area contributed by atoms with Crippen LogP contribution in [0.5, 0.6) is 5.75 Å². The first kappa shape index (κ1) is 21.4. The number of ether oxygens (including phenoxy) is 2. The number of rotatable bonds is 8. The van der Waals surface area contributed by atoms with Gasteiger partial charge in [-0.3, -0.25) is 9.36 Å². The van der Waals surface area contributed by atoms with Gasteiger partial charge < -0.3 is 9.47 Å². The molecule has 1 aromatic heterocycles. The molecule has 0 radical (unpaired) electrons. The fraction of sp³-hybridized carbons (Fsp3) is 0.167. The van der Waals surface area contributed by atoms with Crippen LogP contribution in [-0.2, 0) is 11.3 Å². The molecule has 4 aromatic rings. The zero-order valence-corrected chi connectivity index (χ0v) is 18.1. The number of hydrogen-bond donors (Lipinski definition) is 0. The van der Waals surface area contributed by atoms with Gasteiger partial charge in [0, 0.05) is 15.6 Å². The first-order chi connectivity index (χ1) is 15.1. The third-order valence-corrected chi connectivity index (χ3v) is 5.24. The molecule has 0 bridgehead atoms. The van der Waals surface area contributed by atoms with Gasteiger partial charge in [-0.25, -0.2) is 4.98 Å². The summed E-state index contributed by atoms with van der Waals surface area (Å²) < 4.78 is 13.0. The molecular formula is C24H20Cl2N2O3. The fourth-order valence-corrected chi connectivity index (χ4v) is 3.45. The van der Waals surface area contributed by atoms with Gasteiger partial charge in [0.05, 0.1) is 30.7 Å². The van der Waals surface area contributed by atoms with Gasteiger partial charge in [0.1, 0.15) is 18.2 Å². The number of halogens is 2. The summed E-state index contributed by atoms with van der Waals surface area (Å²) in [6.07, 6.45) is 0. The molecule has 1 heterocycles. The third kappa shape index (κ3) is 5.25. The molecule has 0 aliphatic carbocycles. The van der Waals surface area contributed by atoms with Gasteiger partial charge in [0.2, 0.25) is 0 Å². The van der Waals surface area contributed by atoms with E-state index in [2.05, 4.69) is 0 Å². The Bertz CT molecular complexity index is 1220. The maximum absolute atomic E-state index is 13.1. The van der Waals surface area contributed by atoms with Crippen molar-refractivity contribution in [3.63, 3.8) is 0 Å². The molecule has 0 saturated carbocycles. The predicted molar refractivity (Wildman–Crippen MR) is 124 cm³/mol. The quantitative estimate of drug-likeness (QED) is 0.331. The Morgan fingerprint density at radius 1 is 0.806 bits per heavy atom. The van der Waals surface area contributed by atoms with Crippen molar-refractivity contribution in [1.29, 1.82) is 0 Å². The summed E-state index contributed by atoms with van der Waals surface area (Å²) in [5.74, 6) is 1.31. The first-order valence-electron chi connectivity index (χ1n) is 9.83. The molecule has 0 unspecified atom stereocenters. The summed E-state index contributed by atoms with van der Waals surface area (Å²) in [7, 11) is 0. The number of hydrogen-bond acceptors (Lipinski definition) is 4. The van der Waals surface area contributed by atoms with Crippen LogP contribution in [0.1, 0.15) is 0 Å². The van der Waals surface area contributed by atoms with Crippen LogP contribution in [0, 0.1) is 0 Å². The number of para-hydroxylation sites is 1. The molecule has 31 heavy (non-hydrogen) atoms. The molecule has 0 aliphatic rings. The monoisotopic (exact) mass is 454 g/mol. The highest BCUT2D eigenvalue weighted by Crippen LogP contribution is 2.21. The Morgan fingerprint density at radius 2 is 1.48 bits per heavy atom. The lowest BCUT2D eigenvalue weighted by atomic mass is 10.2. The third-order valence-electron chi connectivity index (χ3n) is 4.73. The summed E-state index contributed by atoms with van der Waals surface area (Å²) in [5.41, 5.74) is 1.38. The number of aromatic nitrogens is 2. The van der Waals surface area contributed by atoms with Gasteiger partial charge in [-0.2, -0.15) is 0 Å². The van der Waals surface area contributed by atoms with Crippen LogP contribution in [0.4, 0.5) is 0 Å². The van der Waals surface area contributed by atoms with Crippen LogP contribution < -0.4 is 10.3 Å². The minimum Gasteiger partial charge on any atom is -0.491 e. The lowest BCUT2D eigenvalue weighted by Crippen LogP contribution is -2.26. The van der Waals surface area contributed by atoms with Crippen molar-refractivity contribution in [3.8, 4) is 17.1 Å². The Balaban J connectivity index is 1.46. The molecule has 0 fully saturated rings. The molecule has 0 N–H and O–H groups in total. The van der Waals surface area contributed by atoms with Crippen molar-refractivity contribution < 1.29 is 9.47 Å². The smallest absolute Gasteiger partial charge is 0.261 e. The van der Waals surface area contributed by atoms with Gasteiger partial charge in [-0.05, 0) is 60.7 Å². The van der Waals surface area contributed by atoms with E-state index < -0.39 is 0 Å². The molecule has 158 valence electrons. The van der Waals surface area contributed by atoms with Crippen LogP contribution in [-0.4, -0.2) is 29.4 Å². The summed E-state index contributed by atoms with van der Waals surface area (Å²) in [5, 5.41) is 1.86. The van der Waals surface area contributed by atoms with Gasteiger partial charge in [-0.15, -0.1) is 0 Å².